The van der Waals surface area contributed by atoms with Gasteiger partial charge in [0.15, 0.2) is 10.8 Å². The molecule has 9 nitrogen and oxygen atoms in total. The van der Waals surface area contributed by atoms with E-state index in [1.54, 1.807) is 24.3 Å². The van der Waals surface area contributed by atoms with Crippen molar-refractivity contribution >= 4 is 34.0 Å². The topological polar surface area (TPSA) is 110 Å². The van der Waals surface area contributed by atoms with E-state index in [4.69, 9.17) is 4.74 Å². The van der Waals surface area contributed by atoms with Crippen molar-refractivity contribution in [1.82, 2.24) is 15.3 Å². The van der Waals surface area contributed by atoms with Crippen LogP contribution in [0.2, 0.25) is 0 Å². The van der Waals surface area contributed by atoms with Crippen LogP contribution in [0.25, 0.3) is 11.4 Å². The van der Waals surface area contributed by atoms with Gasteiger partial charge in [-0.15, -0.1) is 11.3 Å². The second kappa shape index (κ2) is 7.63. The second-order valence-electron chi connectivity index (χ2n) is 6.81. The number of carbonyl (C=O) groups excluding carboxylic acids is 2. The fourth-order valence-electron chi connectivity index (χ4n) is 3.24. The molecule has 1 aliphatic heterocycles. The molecule has 3 aromatic rings. The number of nitrogens with zero attached hydrogens (tertiary/aromatic N) is 4. The summed E-state index contributed by atoms with van der Waals surface area (Å²) in [4.78, 5) is 31.3. The van der Waals surface area contributed by atoms with Gasteiger partial charge in [-0.2, -0.15) is 0 Å². The molecule has 1 fully saturated rings. The maximum absolute atomic E-state index is 12.7. The summed E-state index contributed by atoms with van der Waals surface area (Å²) in [6.07, 6.45) is 0.132. The van der Waals surface area contributed by atoms with Crippen LogP contribution < -0.4 is 15.0 Å². The molecule has 2 amide bonds. The fourth-order valence-corrected chi connectivity index (χ4v) is 3.94. The number of hydrogen-bond acceptors (Lipinski definition) is 8. The number of ether oxygens (including phenoxy) is 1. The summed E-state index contributed by atoms with van der Waals surface area (Å²) in [5.41, 5.74) is 3.43. The zero-order valence-corrected chi connectivity index (χ0v) is 16.9. The third kappa shape index (κ3) is 3.70. The van der Waals surface area contributed by atoms with Crippen molar-refractivity contribution in [3.05, 3.63) is 34.8 Å². The van der Waals surface area contributed by atoms with Gasteiger partial charge in [-0.25, -0.2) is 9.61 Å². The lowest BCUT2D eigenvalue weighted by molar-refractivity contribution is -0.122. The molecule has 10 heteroatoms. The predicted octanol–water partition coefficient (Wildman–Crippen LogP) is 2.81. The highest BCUT2D eigenvalue weighted by Crippen LogP contribution is 2.34. The van der Waals surface area contributed by atoms with Crippen LogP contribution in [0.5, 0.6) is 5.75 Å². The number of methoxy groups -OCH3 is 1. The number of amides is 2. The van der Waals surface area contributed by atoms with Gasteiger partial charge >= 0.3 is 0 Å². The molecular formula is C19H19N5O4S. The molecular weight excluding hydrogens is 394 g/mol. The van der Waals surface area contributed by atoms with Crippen LogP contribution in [0.3, 0.4) is 0 Å². The Balaban J connectivity index is 1.47. The summed E-state index contributed by atoms with van der Waals surface area (Å²) >= 11 is 1.28. The largest absolute Gasteiger partial charge is 0.495 e. The molecule has 4 rings (SSSR count). The molecule has 0 spiro atoms. The van der Waals surface area contributed by atoms with E-state index in [-0.39, 0.29) is 24.8 Å². The highest BCUT2D eigenvalue weighted by Gasteiger charge is 2.36. The smallest absolute Gasteiger partial charge is 0.231 e. The quantitative estimate of drug-likeness (QED) is 0.685. The first kappa shape index (κ1) is 19.1. The van der Waals surface area contributed by atoms with Crippen LogP contribution in [0.4, 0.5) is 10.8 Å². The van der Waals surface area contributed by atoms with E-state index in [9.17, 15) is 9.59 Å². The average molecular weight is 413 g/mol. The Bertz CT molecular complexity index is 1080. The van der Waals surface area contributed by atoms with Gasteiger partial charge in [0.25, 0.3) is 0 Å². The molecule has 3 heterocycles. The summed E-state index contributed by atoms with van der Waals surface area (Å²) in [5, 5.41) is 12.5. The highest BCUT2D eigenvalue weighted by atomic mass is 32.1. The van der Waals surface area contributed by atoms with Crippen LogP contribution in [0.1, 0.15) is 17.7 Å². The zero-order valence-electron chi connectivity index (χ0n) is 16.1. The van der Waals surface area contributed by atoms with Gasteiger partial charge < -0.3 is 15.0 Å². The van der Waals surface area contributed by atoms with Crippen molar-refractivity contribution in [2.45, 2.75) is 20.3 Å². The van der Waals surface area contributed by atoms with Crippen molar-refractivity contribution in [1.29, 1.82) is 0 Å². The van der Waals surface area contributed by atoms with Crippen molar-refractivity contribution < 1.29 is 19.0 Å². The highest BCUT2D eigenvalue weighted by molar-refractivity contribution is 7.14. The summed E-state index contributed by atoms with van der Waals surface area (Å²) in [5.74, 6) is -0.233. The Labute approximate surface area is 170 Å². The first-order valence-electron chi connectivity index (χ1n) is 8.97. The monoisotopic (exact) mass is 413 g/mol. The maximum atomic E-state index is 12.7. The van der Waals surface area contributed by atoms with Crippen molar-refractivity contribution in [2.75, 3.05) is 23.9 Å². The summed E-state index contributed by atoms with van der Waals surface area (Å²) in [6.45, 7) is 4.00. The normalized spacial score (nSPS) is 16.3. The van der Waals surface area contributed by atoms with Crippen molar-refractivity contribution in [3.8, 4) is 17.1 Å². The summed E-state index contributed by atoms with van der Waals surface area (Å²) in [6, 6.07) is 5.63. The van der Waals surface area contributed by atoms with Gasteiger partial charge in [-0.3, -0.25) is 9.59 Å². The van der Waals surface area contributed by atoms with Crippen LogP contribution in [-0.2, 0) is 9.59 Å². The van der Waals surface area contributed by atoms with Gasteiger partial charge in [0.05, 0.1) is 18.7 Å². The Hall–Kier alpha value is -3.27. The number of thiazole rings is 1. The number of rotatable bonds is 5. The lowest BCUT2D eigenvalue weighted by atomic mass is 10.1. The van der Waals surface area contributed by atoms with E-state index in [0.717, 1.165) is 5.56 Å². The SMILES string of the molecule is COc1ccc(C)cc1N1C[C@H](C(=O)Nc2nc(-c3nonc3C)cs2)CC1=O. The number of aromatic nitrogens is 3. The van der Waals surface area contributed by atoms with Crippen LogP contribution in [0, 0.1) is 19.8 Å². The number of carbonyl (C=O) groups is 2. The second-order valence-corrected chi connectivity index (χ2v) is 7.66. The number of nitrogens with one attached hydrogen (secondary N) is 1. The van der Waals surface area contributed by atoms with E-state index in [1.165, 1.54) is 11.3 Å². The van der Waals surface area contributed by atoms with E-state index in [2.05, 4.69) is 25.2 Å². The van der Waals surface area contributed by atoms with E-state index in [0.29, 0.717) is 33.7 Å². The lowest BCUT2D eigenvalue weighted by Crippen LogP contribution is -2.28. The molecule has 0 unspecified atom stereocenters. The number of aryl methyl sites for hydroxylation is 2. The molecule has 150 valence electrons. The molecule has 1 N–H and O–H groups in total. The molecule has 29 heavy (non-hydrogen) atoms. The Morgan fingerprint density at radius 3 is 2.90 bits per heavy atom. The predicted molar refractivity (Wildman–Crippen MR) is 107 cm³/mol. The van der Waals surface area contributed by atoms with E-state index >= 15 is 0 Å². The maximum Gasteiger partial charge on any atom is 0.231 e. The minimum absolute atomic E-state index is 0.113. The number of anilines is 2. The van der Waals surface area contributed by atoms with Crippen LogP contribution in [-0.4, -0.2) is 40.8 Å². The molecule has 1 aromatic carbocycles. The molecule has 0 bridgehead atoms. The molecule has 0 saturated carbocycles. The van der Waals surface area contributed by atoms with Gasteiger partial charge in [0, 0.05) is 18.3 Å². The Kier molecular flexibility index (Phi) is 5.01. The third-order valence-corrected chi connectivity index (χ3v) is 5.51. The minimum Gasteiger partial charge on any atom is -0.495 e. The molecule has 0 aliphatic carbocycles. The van der Waals surface area contributed by atoms with Crippen LogP contribution >= 0.6 is 11.3 Å². The van der Waals surface area contributed by atoms with E-state index < -0.39 is 5.92 Å². The standard InChI is InChI=1S/C19H19N5O4S/c1-10-4-5-15(27-3)14(6-10)24-8-12(7-16(24)25)18(26)21-19-20-13(9-29-19)17-11(2)22-28-23-17/h4-6,9,12H,7-8H2,1-3H3,(H,20,21,26)/t12-/m1/s1. The molecule has 1 saturated heterocycles. The molecule has 1 atom stereocenters. The zero-order chi connectivity index (χ0) is 20.5. The number of hydrogen-bond donors (Lipinski definition) is 1. The van der Waals surface area contributed by atoms with Gasteiger partial charge in [0.1, 0.15) is 17.1 Å². The summed E-state index contributed by atoms with van der Waals surface area (Å²) in [7, 11) is 1.56. The van der Waals surface area contributed by atoms with Crippen molar-refractivity contribution in [2.24, 2.45) is 5.92 Å². The summed E-state index contributed by atoms with van der Waals surface area (Å²) < 4.78 is 10.1. The van der Waals surface area contributed by atoms with Crippen molar-refractivity contribution in [3.63, 3.8) is 0 Å². The van der Waals surface area contributed by atoms with E-state index in [1.807, 2.05) is 25.1 Å². The molecule has 0 radical (unpaired) electrons. The molecule has 2 aromatic heterocycles. The lowest BCUT2D eigenvalue weighted by Gasteiger charge is -2.20. The average Bonchev–Trinajstić information content (AvgIpc) is 3.41. The fraction of sp³-hybridized carbons (Fsp3) is 0.316. The van der Waals surface area contributed by atoms with Gasteiger partial charge in [-0.05, 0) is 36.7 Å². The first-order chi connectivity index (χ1) is 14.0. The third-order valence-electron chi connectivity index (χ3n) is 4.75. The van der Waals surface area contributed by atoms with Crippen LogP contribution in [0.15, 0.2) is 28.2 Å². The Morgan fingerprint density at radius 2 is 2.17 bits per heavy atom. The number of benzene rings is 1. The minimum atomic E-state index is -0.476. The van der Waals surface area contributed by atoms with Gasteiger partial charge in [0.2, 0.25) is 11.8 Å². The van der Waals surface area contributed by atoms with Gasteiger partial charge in [-0.1, -0.05) is 11.2 Å². The first-order valence-corrected chi connectivity index (χ1v) is 9.85. The Morgan fingerprint density at radius 1 is 1.34 bits per heavy atom. The molecule has 1 aliphatic rings.